The molecule has 0 amide bonds. The summed E-state index contributed by atoms with van der Waals surface area (Å²) in [5.74, 6) is -1.26. The monoisotopic (exact) mass is 476 g/mol. The van der Waals surface area contributed by atoms with Crippen LogP contribution in [0.5, 0.6) is 11.5 Å². The Balaban J connectivity index is 1.79. The minimum atomic E-state index is -0.618. The summed E-state index contributed by atoms with van der Waals surface area (Å²) in [5, 5.41) is 1.53. The second-order valence-electron chi connectivity index (χ2n) is 8.24. The Bertz CT molecular complexity index is 1260. The number of hydrogen-bond acceptors (Lipinski definition) is 7. The van der Waals surface area contributed by atoms with Gasteiger partial charge in [0.2, 0.25) is 0 Å². The van der Waals surface area contributed by atoms with Crippen LogP contribution in [0.2, 0.25) is 0 Å². The molecule has 0 aliphatic heterocycles. The van der Waals surface area contributed by atoms with E-state index in [1.54, 1.807) is 68.6 Å². The molecule has 0 aliphatic rings. The molecular weight excluding hydrogens is 448 g/mol. The van der Waals surface area contributed by atoms with Gasteiger partial charge in [0.15, 0.2) is 0 Å². The minimum Gasteiger partial charge on any atom is -0.459 e. The average Bonchev–Trinajstić information content (AvgIpc) is 2.84. The number of esters is 3. The topological polar surface area (TPSA) is 88.1 Å². The van der Waals surface area contributed by atoms with Crippen molar-refractivity contribution in [2.24, 2.45) is 0 Å². The maximum Gasteiger partial charge on any atom is 0.343 e. The first kappa shape index (κ1) is 25.6. The molecule has 0 aromatic heterocycles. The second kappa shape index (κ2) is 11.4. The lowest BCUT2D eigenvalue weighted by Crippen LogP contribution is -2.21. The van der Waals surface area contributed by atoms with E-state index < -0.39 is 17.9 Å². The molecule has 0 saturated heterocycles. The smallest absolute Gasteiger partial charge is 0.343 e. The minimum absolute atomic E-state index is 0.0642. The molecule has 7 heteroatoms. The maximum atomic E-state index is 12.9. The number of carbonyl (C=O) groups excluding carboxylic acids is 3. The summed E-state index contributed by atoms with van der Waals surface area (Å²) in [7, 11) is 1.60. The molecule has 35 heavy (non-hydrogen) atoms. The molecule has 7 nitrogen and oxygen atoms in total. The van der Waals surface area contributed by atoms with Crippen LogP contribution in [0.4, 0.5) is 0 Å². The summed E-state index contributed by atoms with van der Waals surface area (Å²) in [6, 6.07) is 15.0. The Morgan fingerprint density at radius 1 is 0.886 bits per heavy atom. The second-order valence-corrected chi connectivity index (χ2v) is 8.24. The summed E-state index contributed by atoms with van der Waals surface area (Å²) < 4.78 is 21.5. The van der Waals surface area contributed by atoms with Crippen molar-refractivity contribution in [2.75, 3.05) is 7.11 Å². The molecule has 0 heterocycles. The van der Waals surface area contributed by atoms with Crippen LogP contribution in [0.15, 0.2) is 67.3 Å². The molecule has 2 atom stereocenters. The van der Waals surface area contributed by atoms with Crippen LogP contribution in [0.25, 0.3) is 10.8 Å². The summed E-state index contributed by atoms with van der Waals surface area (Å²) in [5.41, 5.74) is 1.30. The van der Waals surface area contributed by atoms with E-state index in [2.05, 4.69) is 6.58 Å². The van der Waals surface area contributed by atoms with Crippen LogP contribution in [-0.4, -0.2) is 37.2 Å². The largest absolute Gasteiger partial charge is 0.459 e. The van der Waals surface area contributed by atoms with Gasteiger partial charge in [-0.15, -0.1) is 0 Å². The van der Waals surface area contributed by atoms with Crippen molar-refractivity contribution < 1.29 is 33.3 Å². The molecule has 2 unspecified atom stereocenters. The Morgan fingerprint density at radius 3 is 2.31 bits per heavy atom. The molecule has 3 rings (SSSR count). The van der Waals surface area contributed by atoms with Crippen molar-refractivity contribution in [2.45, 2.75) is 39.4 Å². The van der Waals surface area contributed by atoms with Crippen LogP contribution < -0.4 is 9.47 Å². The van der Waals surface area contributed by atoms with Gasteiger partial charge in [0.1, 0.15) is 23.2 Å². The lowest BCUT2D eigenvalue weighted by Gasteiger charge is -2.18. The molecule has 0 spiro atoms. The number of benzene rings is 3. The van der Waals surface area contributed by atoms with Crippen LogP contribution in [0, 0.1) is 6.92 Å². The van der Waals surface area contributed by atoms with Crippen LogP contribution in [-0.2, 0) is 14.3 Å². The maximum absolute atomic E-state index is 12.9. The average molecular weight is 477 g/mol. The van der Waals surface area contributed by atoms with E-state index in [0.717, 1.165) is 22.4 Å². The Hall–Kier alpha value is -3.97. The lowest BCUT2D eigenvalue weighted by molar-refractivity contribution is -0.128. The molecular formula is C28H28O7. The summed E-state index contributed by atoms with van der Waals surface area (Å²) in [6.45, 7) is 8.89. The van der Waals surface area contributed by atoms with E-state index in [4.69, 9.17) is 18.9 Å². The predicted octanol–water partition coefficient (Wildman–Crippen LogP) is 5.43. The fourth-order valence-electron chi connectivity index (χ4n) is 3.48. The third kappa shape index (κ3) is 6.77. The van der Waals surface area contributed by atoms with Gasteiger partial charge in [-0.05, 0) is 73.5 Å². The Labute approximate surface area is 204 Å². The molecule has 0 N–H and O–H groups in total. The molecule has 3 aromatic carbocycles. The molecule has 0 radical (unpaired) electrons. The van der Waals surface area contributed by atoms with Gasteiger partial charge in [0.05, 0.1) is 11.7 Å². The first-order valence-corrected chi connectivity index (χ1v) is 11.1. The number of aryl methyl sites for hydroxylation is 1. The molecule has 0 aliphatic carbocycles. The van der Waals surface area contributed by atoms with Crippen molar-refractivity contribution in [3.8, 4) is 11.5 Å². The SMILES string of the molecule is C=CC(=O)Oc1ccc2cc(C(=O)Oc3ccc(C)cc3C(=O)OC(C)CC(C)OC)ccc2c1. The molecule has 0 saturated carbocycles. The van der Waals surface area contributed by atoms with Crippen molar-refractivity contribution in [3.05, 3.63) is 83.9 Å². The molecule has 182 valence electrons. The van der Waals surface area contributed by atoms with E-state index in [-0.39, 0.29) is 23.5 Å². The van der Waals surface area contributed by atoms with Crippen molar-refractivity contribution >= 4 is 28.7 Å². The fraction of sp³-hybridized carbons (Fsp3) is 0.250. The number of hydrogen-bond donors (Lipinski definition) is 0. The number of rotatable bonds is 9. The summed E-state index contributed by atoms with van der Waals surface area (Å²) in [6.07, 6.45) is 1.18. The van der Waals surface area contributed by atoms with E-state index in [0.29, 0.717) is 17.7 Å². The Kier molecular flexibility index (Phi) is 8.39. The lowest BCUT2D eigenvalue weighted by atomic mass is 10.1. The normalized spacial score (nSPS) is 12.5. The third-order valence-corrected chi connectivity index (χ3v) is 5.36. The van der Waals surface area contributed by atoms with Crippen LogP contribution >= 0.6 is 0 Å². The molecule has 0 bridgehead atoms. The number of methoxy groups -OCH3 is 1. The highest BCUT2D eigenvalue weighted by atomic mass is 16.6. The first-order valence-electron chi connectivity index (χ1n) is 11.1. The summed E-state index contributed by atoms with van der Waals surface area (Å²) >= 11 is 0. The summed E-state index contributed by atoms with van der Waals surface area (Å²) in [4.78, 5) is 37.1. The van der Waals surface area contributed by atoms with Crippen molar-refractivity contribution in [1.82, 2.24) is 0 Å². The van der Waals surface area contributed by atoms with Crippen LogP contribution in [0.1, 0.15) is 46.5 Å². The highest BCUT2D eigenvalue weighted by Gasteiger charge is 2.21. The molecule has 0 fully saturated rings. The van der Waals surface area contributed by atoms with Gasteiger partial charge in [-0.3, -0.25) is 0 Å². The van der Waals surface area contributed by atoms with E-state index in [9.17, 15) is 14.4 Å². The van der Waals surface area contributed by atoms with Crippen molar-refractivity contribution in [1.29, 1.82) is 0 Å². The quantitative estimate of drug-likeness (QED) is 0.231. The number of ether oxygens (including phenoxy) is 4. The van der Waals surface area contributed by atoms with E-state index >= 15 is 0 Å². The van der Waals surface area contributed by atoms with E-state index in [1.165, 1.54) is 0 Å². The van der Waals surface area contributed by atoms with E-state index in [1.807, 2.05) is 13.8 Å². The zero-order chi connectivity index (χ0) is 25.5. The first-order chi connectivity index (χ1) is 16.7. The zero-order valence-corrected chi connectivity index (χ0v) is 20.2. The third-order valence-electron chi connectivity index (χ3n) is 5.36. The van der Waals surface area contributed by atoms with Gasteiger partial charge in [-0.1, -0.05) is 24.8 Å². The zero-order valence-electron chi connectivity index (χ0n) is 20.2. The molecule has 3 aromatic rings. The predicted molar refractivity (Wildman–Crippen MR) is 132 cm³/mol. The number of carbonyl (C=O) groups is 3. The van der Waals surface area contributed by atoms with Crippen molar-refractivity contribution in [3.63, 3.8) is 0 Å². The van der Waals surface area contributed by atoms with Gasteiger partial charge in [-0.25, -0.2) is 14.4 Å². The standard InChI is InChI=1S/C28H28O7/c1-6-26(29)34-23-11-10-20-15-22(9-8-21(20)16-23)27(30)35-25-12-7-17(2)13-24(25)28(31)33-19(4)14-18(3)32-5/h6-13,15-16,18-19H,1,14H2,2-5H3. The van der Waals surface area contributed by atoms with Gasteiger partial charge >= 0.3 is 17.9 Å². The Morgan fingerprint density at radius 2 is 1.60 bits per heavy atom. The van der Waals surface area contributed by atoms with Gasteiger partial charge in [0.25, 0.3) is 0 Å². The number of fused-ring (bicyclic) bond motifs is 1. The van der Waals surface area contributed by atoms with Gasteiger partial charge in [-0.2, -0.15) is 0 Å². The van der Waals surface area contributed by atoms with Gasteiger partial charge < -0.3 is 18.9 Å². The van der Waals surface area contributed by atoms with Gasteiger partial charge in [0, 0.05) is 19.6 Å². The highest BCUT2D eigenvalue weighted by molar-refractivity contribution is 5.99. The fourth-order valence-corrected chi connectivity index (χ4v) is 3.48. The highest BCUT2D eigenvalue weighted by Crippen LogP contribution is 2.26. The van der Waals surface area contributed by atoms with Crippen LogP contribution in [0.3, 0.4) is 0 Å².